The van der Waals surface area contributed by atoms with Gasteiger partial charge >= 0.3 is 0 Å². The molecule has 23 heavy (non-hydrogen) atoms. The number of benzene rings is 1. The second-order valence-electron chi connectivity index (χ2n) is 5.79. The number of nitrogens with two attached hydrogens (primary N) is 2. The Morgan fingerprint density at radius 3 is 2.65 bits per heavy atom. The van der Waals surface area contributed by atoms with Crippen LogP contribution in [-0.2, 0) is 4.79 Å². The summed E-state index contributed by atoms with van der Waals surface area (Å²) in [6.45, 7) is 0. The Labute approximate surface area is 133 Å². The molecule has 1 aromatic carbocycles. The summed E-state index contributed by atoms with van der Waals surface area (Å²) in [4.78, 5) is 23.6. The standard InChI is InChI=1S/C16H19N5O2/c17-11-6-5-10(9-11)16(23)19-12-3-1-2-4-14(12)21-8-7-13(20-21)15(18)22/h1-4,7-8,10-11H,5-6,9,17H2,(H2,18,22)(H,19,23). The van der Waals surface area contributed by atoms with E-state index in [0.717, 1.165) is 12.8 Å². The molecule has 2 amide bonds. The molecule has 0 aliphatic heterocycles. The van der Waals surface area contributed by atoms with Crippen molar-refractivity contribution in [2.45, 2.75) is 25.3 Å². The summed E-state index contributed by atoms with van der Waals surface area (Å²) in [7, 11) is 0. The molecule has 0 spiro atoms. The zero-order chi connectivity index (χ0) is 16.4. The van der Waals surface area contributed by atoms with Crippen LogP contribution in [0, 0.1) is 5.92 Å². The third-order valence-corrected chi connectivity index (χ3v) is 4.09. The first-order valence-corrected chi connectivity index (χ1v) is 7.56. The maximum Gasteiger partial charge on any atom is 0.269 e. The van der Waals surface area contributed by atoms with Gasteiger partial charge in [-0.15, -0.1) is 0 Å². The topological polar surface area (TPSA) is 116 Å². The first-order valence-electron chi connectivity index (χ1n) is 7.56. The number of para-hydroxylation sites is 2. The van der Waals surface area contributed by atoms with E-state index in [4.69, 9.17) is 11.5 Å². The van der Waals surface area contributed by atoms with E-state index in [1.807, 2.05) is 18.2 Å². The van der Waals surface area contributed by atoms with Crippen LogP contribution in [0.3, 0.4) is 0 Å². The first-order chi connectivity index (χ1) is 11.0. The minimum Gasteiger partial charge on any atom is -0.364 e. The molecule has 7 heteroatoms. The molecule has 1 aliphatic carbocycles. The Balaban J connectivity index is 1.83. The summed E-state index contributed by atoms with van der Waals surface area (Å²) in [5.74, 6) is -0.685. The number of nitrogens with one attached hydrogen (secondary N) is 1. The Kier molecular flexibility index (Phi) is 4.12. The number of carbonyl (C=O) groups is 2. The van der Waals surface area contributed by atoms with Gasteiger partial charge in [0.1, 0.15) is 5.69 Å². The lowest BCUT2D eigenvalue weighted by molar-refractivity contribution is -0.119. The summed E-state index contributed by atoms with van der Waals surface area (Å²) in [6.07, 6.45) is 4.03. The van der Waals surface area contributed by atoms with Crippen molar-refractivity contribution in [1.82, 2.24) is 9.78 Å². The average Bonchev–Trinajstić information content (AvgIpc) is 3.17. The molecule has 120 valence electrons. The highest BCUT2D eigenvalue weighted by molar-refractivity contribution is 5.95. The summed E-state index contributed by atoms with van der Waals surface area (Å²) >= 11 is 0. The Bertz CT molecular complexity index is 740. The lowest BCUT2D eigenvalue weighted by atomic mass is 10.1. The minimum atomic E-state index is -0.592. The molecular weight excluding hydrogens is 294 g/mol. The predicted molar refractivity (Wildman–Crippen MR) is 86.0 cm³/mol. The monoisotopic (exact) mass is 313 g/mol. The van der Waals surface area contributed by atoms with Gasteiger partial charge in [0.05, 0.1) is 11.4 Å². The number of primary amides is 1. The van der Waals surface area contributed by atoms with E-state index in [1.54, 1.807) is 12.3 Å². The van der Waals surface area contributed by atoms with Gasteiger partial charge in [0.2, 0.25) is 5.91 Å². The highest BCUT2D eigenvalue weighted by Gasteiger charge is 2.28. The molecular formula is C16H19N5O2. The zero-order valence-electron chi connectivity index (χ0n) is 12.6. The van der Waals surface area contributed by atoms with Crippen molar-refractivity contribution < 1.29 is 9.59 Å². The maximum atomic E-state index is 12.4. The molecule has 2 atom stereocenters. The van der Waals surface area contributed by atoms with Crippen molar-refractivity contribution in [3.05, 3.63) is 42.2 Å². The van der Waals surface area contributed by atoms with Crippen molar-refractivity contribution >= 4 is 17.5 Å². The smallest absolute Gasteiger partial charge is 0.269 e. The van der Waals surface area contributed by atoms with Gasteiger partial charge in [-0.2, -0.15) is 5.10 Å². The van der Waals surface area contributed by atoms with E-state index in [2.05, 4.69) is 10.4 Å². The third-order valence-electron chi connectivity index (χ3n) is 4.09. The number of anilines is 1. The largest absolute Gasteiger partial charge is 0.364 e. The van der Waals surface area contributed by atoms with E-state index in [-0.39, 0.29) is 23.6 Å². The van der Waals surface area contributed by atoms with Crippen molar-refractivity contribution in [1.29, 1.82) is 0 Å². The molecule has 0 radical (unpaired) electrons. The van der Waals surface area contributed by atoms with E-state index < -0.39 is 5.91 Å². The number of hydrogen-bond acceptors (Lipinski definition) is 4. The molecule has 5 N–H and O–H groups in total. The van der Waals surface area contributed by atoms with Crippen LogP contribution in [-0.4, -0.2) is 27.6 Å². The third kappa shape index (κ3) is 3.24. The molecule has 2 aromatic rings. The Morgan fingerprint density at radius 2 is 2.00 bits per heavy atom. The Hall–Kier alpha value is -2.67. The SMILES string of the molecule is NC(=O)c1ccn(-c2ccccc2NC(=O)C2CCC(N)C2)n1. The molecule has 1 fully saturated rings. The number of nitrogens with zero attached hydrogens (tertiary/aromatic N) is 2. The molecule has 7 nitrogen and oxygen atoms in total. The lowest BCUT2D eigenvalue weighted by Gasteiger charge is -2.14. The average molecular weight is 313 g/mol. The van der Waals surface area contributed by atoms with Gasteiger partial charge in [0.15, 0.2) is 0 Å². The van der Waals surface area contributed by atoms with E-state index in [9.17, 15) is 9.59 Å². The molecule has 0 bridgehead atoms. The molecule has 0 saturated heterocycles. The fourth-order valence-corrected chi connectivity index (χ4v) is 2.86. The van der Waals surface area contributed by atoms with Gasteiger partial charge in [-0.05, 0) is 37.5 Å². The second-order valence-corrected chi connectivity index (χ2v) is 5.79. The van der Waals surface area contributed by atoms with Crippen molar-refractivity contribution in [2.24, 2.45) is 17.4 Å². The number of rotatable bonds is 4. The van der Waals surface area contributed by atoms with Gasteiger partial charge in [-0.3, -0.25) is 9.59 Å². The number of carbonyl (C=O) groups excluding carboxylic acids is 2. The quantitative estimate of drug-likeness (QED) is 0.781. The van der Waals surface area contributed by atoms with Crippen LogP contribution in [0.5, 0.6) is 0 Å². The van der Waals surface area contributed by atoms with Crippen LogP contribution in [0.2, 0.25) is 0 Å². The van der Waals surface area contributed by atoms with Gasteiger partial charge in [0, 0.05) is 18.2 Å². The molecule has 1 aliphatic rings. The number of aromatic nitrogens is 2. The van der Waals surface area contributed by atoms with Gasteiger partial charge < -0.3 is 16.8 Å². The second kappa shape index (κ2) is 6.21. The number of amides is 2. The fraction of sp³-hybridized carbons (Fsp3) is 0.312. The predicted octanol–water partition coefficient (Wildman–Crippen LogP) is 1.04. The van der Waals surface area contributed by atoms with Crippen molar-refractivity contribution in [2.75, 3.05) is 5.32 Å². The Morgan fingerprint density at radius 1 is 1.22 bits per heavy atom. The van der Waals surface area contributed by atoms with Crippen LogP contribution in [0.15, 0.2) is 36.5 Å². The first kappa shape index (κ1) is 15.2. The van der Waals surface area contributed by atoms with Crippen LogP contribution in [0.1, 0.15) is 29.8 Å². The number of hydrogen-bond donors (Lipinski definition) is 3. The summed E-state index contributed by atoms with van der Waals surface area (Å²) < 4.78 is 1.52. The molecule has 3 rings (SSSR count). The van der Waals surface area contributed by atoms with Crippen molar-refractivity contribution in [3.8, 4) is 5.69 Å². The minimum absolute atomic E-state index is 0.0346. The van der Waals surface area contributed by atoms with Gasteiger partial charge in [0.25, 0.3) is 5.91 Å². The van der Waals surface area contributed by atoms with Crippen LogP contribution >= 0.6 is 0 Å². The van der Waals surface area contributed by atoms with Gasteiger partial charge in [-0.1, -0.05) is 12.1 Å². The highest BCUT2D eigenvalue weighted by Crippen LogP contribution is 2.27. The van der Waals surface area contributed by atoms with Crippen LogP contribution < -0.4 is 16.8 Å². The lowest BCUT2D eigenvalue weighted by Crippen LogP contribution is -2.23. The van der Waals surface area contributed by atoms with E-state index in [0.29, 0.717) is 17.8 Å². The van der Waals surface area contributed by atoms with E-state index >= 15 is 0 Å². The highest BCUT2D eigenvalue weighted by atomic mass is 16.2. The molecule has 1 aromatic heterocycles. The normalized spacial score (nSPS) is 20.4. The van der Waals surface area contributed by atoms with E-state index in [1.165, 1.54) is 10.7 Å². The van der Waals surface area contributed by atoms with Gasteiger partial charge in [-0.25, -0.2) is 4.68 Å². The summed E-state index contributed by atoms with van der Waals surface area (Å²) in [5, 5.41) is 7.07. The summed E-state index contributed by atoms with van der Waals surface area (Å²) in [5.41, 5.74) is 12.6. The zero-order valence-corrected chi connectivity index (χ0v) is 12.6. The molecule has 2 unspecified atom stereocenters. The maximum absolute atomic E-state index is 12.4. The molecule has 1 heterocycles. The van der Waals surface area contributed by atoms with Crippen LogP contribution in [0.25, 0.3) is 5.69 Å². The summed E-state index contributed by atoms with van der Waals surface area (Å²) in [6, 6.07) is 8.92. The fourth-order valence-electron chi connectivity index (χ4n) is 2.86. The molecule has 1 saturated carbocycles. The van der Waals surface area contributed by atoms with Crippen LogP contribution in [0.4, 0.5) is 5.69 Å². The van der Waals surface area contributed by atoms with Crippen molar-refractivity contribution in [3.63, 3.8) is 0 Å².